The van der Waals surface area contributed by atoms with E-state index in [4.69, 9.17) is 4.42 Å². The van der Waals surface area contributed by atoms with Crippen molar-refractivity contribution in [2.75, 3.05) is 0 Å². The van der Waals surface area contributed by atoms with Crippen molar-refractivity contribution in [3.8, 4) is 11.5 Å². The molecular weight excluding hydrogens is 214 g/mol. The summed E-state index contributed by atoms with van der Waals surface area (Å²) >= 11 is 0. The number of hydrogen-bond donors (Lipinski definition) is 0. The van der Waals surface area contributed by atoms with Crippen LogP contribution in [0.5, 0.6) is 0 Å². The lowest BCUT2D eigenvalue weighted by Crippen LogP contribution is -2.00. The summed E-state index contributed by atoms with van der Waals surface area (Å²) in [5, 5.41) is 0. The summed E-state index contributed by atoms with van der Waals surface area (Å²) < 4.78 is 7.88. The van der Waals surface area contributed by atoms with Gasteiger partial charge < -0.3 is 8.98 Å². The lowest BCUT2D eigenvalue weighted by molar-refractivity contribution is 0.505. The third kappa shape index (κ3) is 1.77. The Kier molecular flexibility index (Phi) is 2.31. The van der Waals surface area contributed by atoms with Crippen molar-refractivity contribution in [3.05, 3.63) is 24.1 Å². The molecule has 0 bridgehead atoms. The molecule has 0 N–H and O–H groups in total. The van der Waals surface area contributed by atoms with Gasteiger partial charge in [0.2, 0.25) is 0 Å². The average molecular weight is 231 g/mol. The fourth-order valence-corrected chi connectivity index (χ4v) is 2.11. The third-order valence-electron chi connectivity index (χ3n) is 3.24. The summed E-state index contributed by atoms with van der Waals surface area (Å²) in [5.74, 6) is 3.76. The van der Waals surface area contributed by atoms with Gasteiger partial charge in [0.15, 0.2) is 11.7 Å². The molecule has 3 rings (SSSR count). The van der Waals surface area contributed by atoms with Crippen LogP contribution in [0.15, 0.2) is 16.8 Å². The monoisotopic (exact) mass is 231 g/mol. The molecule has 17 heavy (non-hydrogen) atoms. The number of hydrogen-bond acceptors (Lipinski definition) is 3. The van der Waals surface area contributed by atoms with E-state index in [1.54, 1.807) is 0 Å². The van der Waals surface area contributed by atoms with E-state index >= 15 is 0 Å². The van der Waals surface area contributed by atoms with Crippen molar-refractivity contribution < 1.29 is 4.42 Å². The normalized spacial score (nSPS) is 15.8. The molecule has 0 amide bonds. The molecule has 0 radical (unpaired) electrons. The van der Waals surface area contributed by atoms with Gasteiger partial charge in [-0.25, -0.2) is 9.97 Å². The summed E-state index contributed by atoms with van der Waals surface area (Å²) in [6.07, 6.45) is 6.10. The zero-order valence-electron chi connectivity index (χ0n) is 10.5. The van der Waals surface area contributed by atoms with Gasteiger partial charge >= 0.3 is 0 Å². The fourth-order valence-electron chi connectivity index (χ4n) is 2.11. The van der Waals surface area contributed by atoms with Crippen molar-refractivity contribution in [2.24, 2.45) is 7.05 Å². The summed E-state index contributed by atoms with van der Waals surface area (Å²) in [5.41, 5.74) is 1.01. The second-order valence-electron chi connectivity index (χ2n) is 5.05. The summed E-state index contributed by atoms with van der Waals surface area (Å²) in [6.45, 7) is 4.28. The first-order valence-corrected chi connectivity index (χ1v) is 6.14. The fraction of sp³-hybridized carbons (Fsp3) is 0.538. The molecule has 0 aromatic carbocycles. The first kappa shape index (κ1) is 10.6. The van der Waals surface area contributed by atoms with Crippen LogP contribution in [0.4, 0.5) is 0 Å². The molecule has 2 aromatic heterocycles. The summed E-state index contributed by atoms with van der Waals surface area (Å²) in [7, 11) is 2.02. The largest absolute Gasteiger partial charge is 0.439 e. The minimum Gasteiger partial charge on any atom is -0.439 e. The highest BCUT2D eigenvalue weighted by molar-refractivity contribution is 5.51. The minimum atomic E-state index is 0.416. The van der Waals surface area contributed by atoms with E-state index in [2.05, 4.69) is 28.4 Å². The molecule has 1 aliphatic rings. The highest BCUT2D eigenvalue weighted by atomic mass is 16.4. The van der Waals surface area contributed by atoms with Crippen molar-refractivity contribution in [2.45, 2.75) is 38.5 Å². The van der Waals surface area contributed by atoms with Crippen molar-refractivity contribution >= 4 is 0 Å². The zero-order chi connectivity index (χ0) is 12.0. The van der Waals surface area contributed by atoms with Gasteiger partial charge in [-0.05, 0) is 12.8 Å². The molecule has 1 aliphatic carbocycles. The molecule has 4 nitrogen and oxygen atoms in total. The van der Waals surface area contributed by atoms with Crippen LogP contribution >= 0.6 is 0 Å². The molecule has 1 saturated carbocycles. The van der Waals surface area contributed by atoms with Crippen LogP contribution < -0.4 is 0 Å². The summed E-state index contributed by atoms with van der Waals surface area (Å²) in [6, 6.07) is 0. The molecule has 0 unspecified atom stereocenters. The van der Waals surface area contributed by atoms with E-state index in [1.165, 1.54) is 12.8 Å². The van der Waals surface area contributed by atoms with Crippen molar-refractivity contribution in [1.82, 2.24) is 14.5 Å². The molecule has 90 valence electrons. The molecule has 2 heterocycles. The Morgan fingerprint density at radius 3 is 2.65 bits per heavy atom. The lowest BCUT2D eigenvalue weighted by atomic mass is 10.2. The number of aromatic nitrogens is 3. The quantitative estimate of drug-likeness (QED) is 0.815. The molecule has 0 spiro atoms. The zero-order valence-corrected chi connectivity index (χ0v) is 10.5. The van der Waals surface area contributed by atoms with E-state index in [9.17, 15) is 0 Å². The van der Waals surface area contributed by atoms with Gasteiger partial charge in [0, 0.05) is 18.9 Å². The van der Waals surface area contributed by atoms with E-state index in [0.29, 0.717) is 11.8 Å². The molecule has 2 aromatic rings. The standard InChI is InChI=1S/C13H17N3O/c1-8(2)12-14-6-10(16(12)3)11-7-15-13(17-11)9-4-5-9/h6-9H,4-5H2,1-3H3. The van der Waals surface area contributed by atoms with E-state index in [1.807, 2.05) is 19.4 Å². The predicted molar refractivity (Wildman–Crippen MR) is 64.8 cm³/mol. The van der Waals surface area contributed by atoms with Gasteiger partial charge in [-0.1, -0.05) is 13.8 Å². The average Bonchev–Trinajstić information content (AvgIpc) is 2.89. The van der Waals surface area contributed by atoms with Crippen LogP contribution in [0, 0.1) is 0 Å². The molecule has 0 atom stereocenters. The van der Waals surface area contributed by atoms with Crippen LogP contribution in [0.25, 0.3) is 11.5 Å². The predicted octanol–water partition coefficient (Wildman–Crippen LogP) is 3.08. The van der Waals surface area contributed by atoms with Gasteiger partial charge in [-0.3, -0.25) is 0 Å². The van der Waals surface area contributed by atoms with Gasteiger partial charge in [-0.2, -0.15) is 0 Å². The molecular formula is C13H17N3O. The Balaban J connectivity index is 1.96. The Bertz CT molecular complexity index is 535. The summed E-state index contributed by atoms with van der Waals surface area (Å²) in [4.78, 5) is 8.78. The van der Waals surface area contributed by atoms with E-state index in [-0.39, 0.29) is 0 Å². The van der Waals surface area contributed by atoms with Crippen LogP contribution in [0.1, 0.15) is 50.2 Å². The number of oxazole rings is 1. The second-order valence-corrected chi connectivity index (χ2v) is 5.05. The minimum absolute atomic E-state index is 0.416. The maximum absolute atomic E-state index is 5.80. The van der Waals surface area contributed by atoms with Crippen LogP contribution in [0.2, 0.25) is 0 Å². The molecule has 0 aliphatic heterocycles. The van der Waals surface area contributed by atoms with Crippen molar-refractivity contribution in [1.29, 1.82) is 0 Å². The number of imidazole rings is 1. The Hall–Kier alpha value is -1.58. The third-order valence-corrected chi connectivity index (χ3v) is 3.24. The second kappa shape index (κ2) is 3.72. The van der Waals surface area contributed by atoms with Crippen molar-refractivity contribution in [3.63, 3.8) is 0 Å². The van der Waals surface area contributed by atoms with Gasteiger partial charge in [0.05, 0.1) is 12.4 Å². The smallest absolute Gasteiger partial charge is 0.198 e. The first-order valence-electron chi connectivity index (χ1n) is 6.14. The number of nitrogens with zero attached hydrogens (tertiary/aromatic N) is 3. The Morgan fingerprint density at radius 1 is 1.29 bits per heavy atom. The van der Waals surface area contributed by atoms with Gasteiger partial charge in [0.1, 0.15) is 11.5 Å². The first-order chi connectivity index (χ1) is 8.16. The van der Waals surface area contributed by atoms with Gasteiger partial charge in [0.25, 0.3) is 0 Å². The maximum atomic E-state index is 5.80. The SMILES string of the molecule is CC(C)c1ncc(-c2cnc(C3CC3)o2)n1C. The van der Waals surface area contributed by atoms with Gasteiger partial charge in [-0.15, -0.1) is 0 Å². The van der Waals surface area contributed by atoms with E-state index in [0.717, 1.165) is 23.2 Å². The molecule has 1 fully saturated rings. The van der Waals surface area contributed by atoms with Crippen LogP contribution in [0.3, 0.4) is 0 Å². The topological polar surface area (TPSA) is 43.9 Å². The number of rotatable bonds is 3. The maximum Gasteiger partial charge on any atom is 0.198 e. The van der Waals surface area contributed by atoms with E-state index < -0.39 is 0 Å². The lowest BCUT2D eigenvalue weighted by Gasteiger charge is -2.06. The van der Waals surface area contributed by atoms with Crippen LogP contribution in [-0.2, 0) is 7.05 Å². The Labute approximate surface area is 101 Å². The van der Waals surface area contributed by atoms with Crippen LogP contribution in [-0.4, -0.2) is 14.5 Å². The Morgan fingerprint density at radius 2 is 2.06 bits per heavy atom. The molecule has 4 heteroatoms. The highest BCUT2D eigenvalue weighted by Crippen LogP contribution is 2.40. The molecule has 0 saturated heterocycles. The highest BCUT2D eigenvalue weighted by Gasteiger charge is 2.29.